The second-order valence-corrected chi connectivity index (χ2v) is 7.14. The highest BCUT2D eigenvalue weighted by Crippen LogP contribution is 2.17. The maximum absolute atomic E-state index is 12.4. The molecule has 1 saturated heterocycles. The lowest BCUT2D eigenvalue weighted by molar-refractivity contribution is -0.119. The van der Waals surface area contributed by atoms with Gasteiger partial charge < -0.3 is 5.32 Å². The molecule has 0 bridgehead atoms. The largest absolute Gasteiger partial charge is 0.359 e. The van der Waals surface area contributed by atoms with Gasteiger partial charge in [-0.2, -0.15) is 12.7 Å². The molecule has 0 saturated carbocycles. The SMILES string of the molecule is CNC(=O)Cc1ccc(NS(=O)(=O)N2CCCCCC2)cc1. The standard InChI is InChI=1S/C15H23N3O3S/c1-16-15(19)12-13-6-8-14(9-7-13)17-22(20,21)18-10-4-2-3-5-11-18/h6-9,17H,2-5,10-12H2,1H3,(H,16,19). The highest BCUT2D eigenvalue weighted by Gasteiger charge is 2.22. The second kappa shape index (κ2) is 7.60. The van der Waals surface area contributed by atoms with E-state index < -0.39 is 10.2 Å². The number of nitrogens with zero attached hydrogens (tertiary/aromatic N) is 1. The third-order valence-electron chi connectivity index (χ3n) is 3.75. The van der Waals surface area contributed by atoms with E-state index in [0.717, 1.165) is 31.2 Å². The predicted octanol–water partition coefficient (Wildman–Crippen LogP) is 1.51. The zero-order valence-corrected chi connectivity index (χ0v) is 13.7. The summed E-state index contributed by atoms with van der Waals surface area (Å²) < 4.78 is 28.9. The molecule has 0 atom stereocenters. The molecule has 2 rings (SSSR count). The first-order chi connectivity index (χ1) is 10.5. The number of rotatable bonds is 5. The molecule has 7 heteroatoms. The van der Waals surface area contributed by atoms with Gasteiger partial charge in [-0.1, -0.05) is 25.0 Å². The van der Waals surface area contributed by atoms with Crippen LogP contribution in [0.5, 0.6) is 0 Å². The third-order valence-corrected chi connectivity index (χ3v) is 5.29. The van der Waals surface area contributed by atoms with Gasteiger partial charge in [-0.15, -0.1) is 0 Å². The fraction of sp³-hybridized carbons (Fsp3) is 0.533. The van der Waals surface area contributed by atoms with Crippen LogP contribution >= 0.6 is 0 Å². The summed E-state index contributed by atoms with van der Waals surface area (Å²) in [6.07, 6.45) is 4.27. The van der Waals surface area contributed by atoms with Gasteiger partial charge in [-0.05, 0) is 30.5 Å². The van der Waals surface area contributed by atoms with Crippen molar-refractivity contribution in [2.75, 3.05) is 24.9 Å². The molecule has 0 spiro atoms. The van der Waals surface area contributed by atoms with Gasteiger partial charge in [0, 0.05) is 25.8 Å². The van der Waals surface area contributed by atoms with Crippen LogP contribution in [0.2, 0.25) is 0 Å². The predicted molar refractivity (Wildman–Crippen MR) is 86.8 cm³/mol. The Morgan fingerprint density at radius 3 is 2.23 bits per heavy atom. The fourth-order valence-electron chi connectivity index (χ4n) is 2.46. The molecule has 1 aliphatic rings. The maximum Gasteiger partial charge on any atom is 0.301 e. The minimum Gasteiger partial charge on any atom is -0.359 e. The number of carbonyl (C=O) groups excluding carboxylic acids is 1. The van der Waals surface area contributed by atoms with E-state index in [1.54, 1.807) is 31.3 Å². The van der Waals surface area contributed by atoms with Gasteiger partial charge in [0.1, 0.15) is 0 Å². The van der Waals surface area contributed by atoms with Crippen LogP contribution in [-0.2, 0) is 21.4 Å². The molecule has 1 aliphatic heterocycles. The van der Waals surface area contributed by atoms with Crippen LogP contribution in [0.25, 0.3) is 0 Å². The summed E-state index contributed by atoms with van der Waals surface area (Å²) in [6.45, 7) is 1.15. The molecule has 1 aromatic rings. The highest BCUT2D eigenvalue weighted by molar-refractivity contribution is 7.90. The number of carbonyl (C=O) groups is 1. The molecule has 1 amide bonds. The summed E-state index contributed by atoms with van der Waals surface area (Å²) in [7, 11) is -1.91. The number of hydrogen-bond acceptors (Lipinski definition) is 3. The van der Waals surface area contributed by atoms with Gasteiger partial charge in [0.15, 0.2) is 0 Å². The van der Waals surface area contributed by atoms with Crippen LogP contribution in [0, 0.1) is 0 Å². The third kappa shape index (κ3) is 4.71. The Bertz CT molecular complexity index is 591. The van der Waals surface area contributed by atoms with Crippen LogP contribution < -0.4 is 10.0 Å². The molecule has 1 fully saturated rings. The Hall–Kier alpha value is -1.60. The fourth-order valence-corrected chi connectivity index (χ4v) is 3.76. The number of hydrogen-bond donors (Lipinski definition) is 2. The van der Waals surface area contributed by atoms with E-state index in [1.807, 2.05) is 0 Å². The number of nitrogens with one attached hydrogen (secondary N) is 2. The first-order valence-corrected chi connectivity index (χ1v) is 9.03. The lowest BCUT2D eigenvalue weighted by Gasteiger charge is -2.20. The highest BCUT2D eigenvalue weighted by atomic mass is 32.2. The first-order valence-electron chi connectivity index (χ1n) is 7.59. The number of amides is 1. The zero-order chi connectivity index (χ0) is 16.0. The second-order valence-electron chi connectivity index (χ2n) is 5.47. The quantitative estimate of drug-likeness (QED) is 0.861. The van der Waals surface area contributed by atoms with Crippen molar-refractivity contribution in [3.8, 4) is 0 Å². The van der Waals surface area contributed by atoms with E-state index in [-0.39, 0.29) is 12.3 Å². The molecule has 122 valence electrons. The molecule has 0 radical (unpaired) electrons. The van der Waals surface area contributed by atoms with Crippen LogP contribution in [0.4, 0.5) is 5.69 Å². The van der Waals surface area contributed by atoms with E-state index in [0.29, 0.717) is 18.8 Å². The molecule has 2 N–H and O–H groups in total. The van der Waals surface area contributed by atoms with Gasteiger partial charge in [-0.3, -0.25) is 9.52 Å². The van der Waals surface area contributed by atoms with Crippen LogP contribution in [0.3, 0.4) is 0 Å². The lowest BCUT2D eigenvalue weighted by atomic mass is 10.1. The van der Waals surface area contributed by atoms with E-state index in [1.165, 1.54) is 4.31 Å². The van der Waals surface area contributed by atoms with E-state index in [4.69, 9.17) is 0 Å². The van der Waals surface area contributed by atoms with E-state index in [2.05, 4.69) is 10.0 Å². The topological polar surface area (TPSA) is 78.5 Å². The van der Waals surface area contributed by atoms with Crippen molar-refractivity contribution in [1.82, 2.24) is 9.62 Å². The summed E-state index contributed by atoms with van der Waals surface area (Å²) in [4.78, 5) is 11.3. The van der Waals surface area contributed by atoms with Gasteiger partial charge in [-0.25, -0.2) is 0 Å². The van der Waals surface area contributed by atoms with Crippen molar-refractivity contribution >= 4 is 21.8 Å². The molecular weight excluding hydrogens is 302 g/mol. The van der Waals surface area contributed by atoms with Crippen molar-refractivity contribution in [2.45, 2.75) is 32.1 Å². The van der Waals surface area contributed by atoms with Gasteiger partial charge >= 0.3 is 10.2 Å². The van der Waals surface area contributed by atoms with Crippen LogP contribution in [0.15, 0.2) is 24.3 Å². The summed E-state index contributed by atoms with van der Waals surface area (Å²) >= 11 is 0. The summed E-state index contributed by atoms with van der Waals surface area (Å²) in [5.74, 6) is -0.0714. The van der Waals surface area contributed by atoms with Crippen molar-refractivity contribution in [3.05, 3.63) is 29.8 Å². The van der Waals surface area contributed by atoms with Crippen LogP contribution in [0.1, 0.15) is 31.2 Å². The monoisotopic (exact) mass is 325 g/mol. The minimum absolute atomic E-state index is 0.0714. The molecule has 6 nitrogen and oxygen atoms in total. The Morgan fingerprint density at radius 1 is 1.09 bits per heavy atom. The van der Waals surface area contributed by atoms with E-state index >= 15 is 0 Å². The number of anilines is 1. The van der Waals surface area contributed by atoms with Crippen molar-refractivity contribution in [1.29, 1.82) is 0 Å². The molecular formula is C15H23N3O3S. The van der Waals surface area contributed by atoms with Gasteiger partial charge in [0.2, 0.25) is 5.91 Å². The Balaban J connectivity index is 2.01. The van der Waals surface area contributed by atoms with Crippen molar-refractivity contribution < 1.29 is 13.2 Å². The Kier molecular flexibility index (Phi) is 5.79. The Morgan fingerprint density at radius 2 is 1.68 bits per heavy atom. The molecule has 22 heavy (non-hydrogen) atoms. The van der Waals surface area contributed by atoms with Gasteiger partial charge in [0.05, 0.1) is 6.42 Å². The van der Waals surface area contributed by atoms with Crippen molar-refractivity contribution in [3.63, 3.8) is 0 Å². The molecule has 0 aliphatic carbocycles. The minimum atomic E-state index is -3.50. The first kappa shape index (κ1) is 16.8. The summed E-state index contributed by atoms with van der Waals surface area (Å²) in [5, 5.41) is 2.56. The molecule has 0 unspecified atom stereocenters. The van der Waals surface area contributed by atoms with Crippen LogP contribution in [-0.4, -0.2) is 38.8 Å². The smallest absolute Gasteiger partial charge is 0.301 e. The summed E-state index contributed by atoms with van der Waals surface area (Å²) in [6, 6.07) is 6.90. The normalized spacial score (nSPS) is 16.8. The zero-order valence-electron chi connectivity index (χ0n) is 12.8. The van der Waals surface area contributed by atoms with E-state index in [9.17, 15) is 13.2 Å². The van der Waals surface area contributed by atoms with Crippen molar-refractivity contribution in [2.24, 2.45) is 0 Å². The van der Waals surface area contributed by atoms with Gasteiger partial charge in [0.25, 0.3) is 0 Å². The Labute approximate surface area is 132 Å². The lowest BCUT2D eigenvalue weighted by Crippen LogP contribution is -2.36. The molecule has 1 aromatic carbocycles. The molecule has 1 heterocycles. The average molecular weight is 325 g/mol. The molecule has 0 aromatic heterocycles. The summed E-state index contributed by atoms with van der Waals surface area (Å²) in [5.41, 5.74) is 1.36. The number of benzene rings is 1. The average Bonchev–Trinajstić information content (AvgIpc) is 2.78. The number of likely N-dealkylation sites (N-methyl/N-ethyl adjacent to an activating group) is 1. The maximum atomic E-state index is 12.4.